The van der Waals surface area contributed by atoms with E-state index < -0.39 is 0 Å². The maximum Gasteiger partial charge on any atom is 0.305 e. The number of hydrogen-bond acceptors (Lipinski definition) is 3. The topological polar surface area (TPSA) is 35.5 Å². The lowest BCUT2D eigenvalue weighted by Gasteiger charge is -2.30. The fourth-order valence-corrected chi connectivity index (χ4v) is 5.03. The van der Waals surface area contributed by atoms with Gasteiger partial charge in [-0.3, -0.25) is 4.79 Å². The van der Waals surface area contributed by atoms with Crippen molar-refractivity contribution in [2.75, 3.05) is 27.2 Å². The molecular formula is C35H56NO3+. The first kappa shape index (κ1) is 32.9. The first-order chi connectivity index (χ1) is 18.9. The number of quaternary nitrogens is 1. The summed E-state index contributed by atoms with van der Waals surface area (Å²) in [6, 6.07) is 19.1. The number of esters is 1. The van der Waals surface area contributed by atoms with Gasteiger partial charge in [0.15, 0.2) is 0 Å². The van der Waals surface area contributed by atoms with Gasteiger partial charge < -0.3 is 14.0 Å². The van der Waals surface area contributed by atoms with Crippen LogP contribution in [0.25, 0.3) is 0 Å². The molecule has 2 aromatic carbocycles. The van der Waals surface area contributed by atoms with E-state index in [2.05, 4.69) is 82.5 Å². The van der Waals surface area contributed by atoms with E-state index in [4.69, 9.17) is 9.47 Å². The first-order valence-corrected chi connectivity index (χ1v) is 15.7. The molecule has 0 heterocycles. The maximum atomic E-state index is 12.3. The monoisotopic (exact) mass is 538 g/mol. The molecule has 0 saturated heterocycles. The third-order valence-corrected chi connectivity index (χ3v) is 7.53. The number of benzene rings is 2. The number of carbonyl (C=O) groups excluding carboxylic acids is 1. The second-order valence-corrected chi connectivity index (χ2v) is 11.8. The van der Waals surface area contributed by atoms with E-state index in [1.165, 1.54) is 68.9 Å². The highest BCUT2D eigenvalue weighted by atomic mass is 16.6. The average molecular weight is 539 g/mol. The molecule has 1 atom stereocenters. The van der Waals surface area contributed by atoms with E-state index in [1.807, 2.05) is 0 Å². The molecule has 0 aliphatic rings. The summed E-state index contributed by atoms with van der Waals surface area (Å²) in [5.74, 6) is 0.730. The Morgan fingerprint density at radius 3 is 2.03 bits per heavy atom. The number of ether oxygens (including phenoxy) is 2. The van der Waals surface area contributed by atoms with Crippen molar-refractivity contribution in [2.24, 2.45) is 0 Å². The van der Waals surface area contributed by atoms with Crippen molar-refractivity contribution in [3.8, 4) is 5.75 Å². The van der Waals surface area contributed by atoms with Gasteiger partial charge >= 0.3 is 5.97 Å². The SMILES string of the molecule is CCCCCCCCCCCc1ccc(OC(CC)COC(=O)CCCC[N+](C)(C)Cc2ccccc2)cc1. The van der Waals surface area contributed by atoms with Gasteiger partial charge in [0.05, 0.1) is 20.6 Å². The smallest absolute Gasteiger partial charge is 0.305 e. The number of unbranched alkanes of at least 4 members (excludes halogenated alkanes) is 9. The van der Waals surface area contributed by atoms with Crippen LogP contribution >= 0.6 is 0 Å². The van der Waals surface area contributed by atoms with E-state index in [-0.39, 0.29) is 12.1 Å². The lowest BCUT2D eigenvalue weighted by atomic mass is 10.0. The van der Waals surface area contributed by atoms with Crippen LogP contribution < -0.4 is 4.74 Å². The van der Waals surface area contributed by atoms with Gasteiger partial charge in [0.1, 0.15) is 25.0 Å². The summed E-state index contributed by atoms with van der Waals surface area (Å²) in [6.07, 6.45) is 16.4. The second-order valence-electron chi connectivity index (χ2n) is 11.8. The number of aryl methyl sites for hydroxylation is 1. The van der Waals surface area contributed by atoms with Gasteiger partial charge in [-0.2, -0.15) is 0 Å². The van der Waals surface area contributed by atoms with Crippen molar-refractivity contribution in [3.05, 3.63) is 65.7 Å². The number of hydrogen-bond donors (Lipinski definition) is 0. The molecule has 0 radical (unpaired) electrons. The first-order valence-electron chi connectivity index (χ1n) is 15.7. The molecule has 1 unspecified atom stereocenters. The van der Waals surface area contributed by atoms with Crippen molar-refractivity contribution >= 4 is 5.97 Å². The van der Waals surface area contributed by atoms with Gasteiger partial charge in [0, 0.05) is 12.0 Å². The Kier molecular flexibility index (Phi) is 16.6. The summed E-state index contributed by atoms with van der Waals surface area (Å²) in [6.45, 7) is 6.70. The van der Waals surface area contributed by atoms with Gasteiger partial charge in [-0.1, -0.05) is 108 Å². The van der Waals surface area contributed by atoms with E-state index in [0.29, 0.717) is 13.0 Å². The van der Waals surface area contributed by atoms with Gasteiger partial charge in [-0.15, -0.1) is 0 Å². The Balaban J connectivity index is 1.56. The largest absolute Gasteiger partial charge is 0.487 e. The van der Waals surface area contributed by atoms with Gasteiger partial charge in [0.2, 0.25) is 0 Å². The predicted molar refractivity (Wildman–Crippen MR) is 164 cm³/mol. The Bertz CT molecular complexity index is 879. The molecule has 2 rings (SSSR count). The van der Waals surface area contributed by atoms with Crippen molar-refractivity contribution in [3.63, 3.8) is 0 Å². The molecule has 0 bridgehead atoms. The van der Waals surface area contributed by atoms with Gasteiger partial charge in [-0.05, 0) is 49.8 Å². The van der Waals surface area contributed by atoms with Crippen LogP contribution in [0.1, 0.15) is 108 Å². The fraction of sp³-hybridized carbons (Fsp3) is 0.629. The van der Waals surface area contributed by atoms with Crippen LogP contribution in [0, 0.1) is 0 Å². The Morgan fingerprint density at radius 2 is 1.38 bits per heavy atom. The van der Waals surface area contributed by atoms with Gasteiger partial charge in [0.25, 0.3) is 0 Å². The number of carbonyl (C=O) groups is 1. The van der Waals surface area contributed by atoms with Crippen LogP contribution in [0.3, 0.4) is 0 Å². The third kappa shape index (κ3) is 15.8. The zero-order valence-electron chi connectivity index (χ0n) is 25.5. The molecule has 0 N–H and O–H groups in total. The lowest BCUT2D eigenvalue weighted by molar-refractivity contribution is -0.903. The quantitative estimate of drug-likeness (QED) is 0.0853. The summed E-state index contributed by atoms with van der Waals surface area (Å²) in [5, 5.41) is 0. The van der Waals surface area contributed by atoms with E-state index in [9.17, 15) is 4.79 Å². The summed E-state index contributed by atoms with van der Waals surface area (Å²) in [4.78, 5) is 12.3. The highest BCUT2D eigenvalue weighted by molar-refractivity contribution is 5.69. The minimum absolute atomic E-state index is 0.112. The number of nitrogens with zero attached hydrogens (tertiary/aromatic N) is 1. The molecule has 0 aliphatic carbocycles. The van der Waals surface area contributed by atoms with Crippen LogP contribution in [0.2, 0.25) is 0 Å². The van der Waals surface area contributed by atoms with E-state index in [0.717, 1.165) is 49.0 Å². The molecule has 2 aromatic rings. The highest BCUT2D eigenvalue weighted by Crippen LogP contribution is 2.18. The van der Waals surface area contributed by atoms with Crippen molar-refractivity contribution in [2.45, 2.75) is 116 Å². The summed E-state index contributed by atoms with van der Waals surface area (Å²) in [5.41, 5.74) is 2.72. The second kappa shape index (κ2) is 19.7. The molecule has 218 valence electrons. The van der Waals surface area contributed by atoms with Crippen molar-refractivity contribution in [1.82, 2.24) is 0 Å². The molecule has 0 fully saturated rings. The highest BCUT2D eigenvalue weighted by Gasteiger charge is 2.16. The van der Waals surface area contributed by atoms with Crippen LogP contribution in [0.15, 0.2) is 54.6 Å². The van der Waals surface area contributed by atoms with E-state index in [1.54, 1.807) is 0 Å². The van der Waals surface area contributed by atoms with Crippen molar-refractivity contribution < 1.29 is 18.8 Å². The van der Waals surface area contributed by atoms with Crippen LogP contribution in [-0.4, -0.2) is 43.8 Å². The lowest BCUT2D eigenvalue weighted by Crippen LogP contribution is -2.39. The minimum atomic E-state index is -0.123. The summed E-state index contributed by atoms with van der Waals surface area (Å²) in [7, 11) is 4.50. The van der Waals surface area contributed by atoms with Crippen LogP contribution in [0.5, 0.6) is 5.75 Å². The van der Waals surface area contributed by atoms with Crippen molar-refractivity contribution in [1.29, 1.82) is 0 Å². The molecule has 0 aliphatic heterocycles. The molecule has 39 heavy (non-hydrogen) atoms. The fourth-order valence-electron chi connectivity index (χ4n) is 5.03. The molecule has 0 amide bonds. The molecular weight excluding hydrogens is 482 g/mol. The van der Waals surface area contributed by atoms with Crippen LogP contribution in [-0.2, 0) is 22.5 Å². The Labute approximate surface area is 239 Å². The minimum Gasteiger partial charge on any atom is -0.487 e. The average Bonchev–Trinajstić information content (AvgIpc) is 2.93. The zero-order valence-corrected chi connectivity index (χ0v) is 25.5. The maximum absolute atomic E-state index is 12.3. The number of rotatable bonds is 22. The molecule has 4 heteroatoms. The molecule has 0 aromatic heterocycles. The molecule has 0 saturated carbocycles. The zero-order chi connectivity index (χ0) is 28.2. The van der Waals surface area contributed by atoms with Gasteiger partial charge in [-0.25, -0.2) is 0 Å². The Hall–Kier alpha value is -2.33. The van der Waals surface area contributed by atoms with E-state index >= 15 is 0 Å². The summed E-state index contributed by atoms with van der Waals surface area (Å²) >= 11 is 0. The normalized spacial score (nSPS) is 12.3. The third-order valence-electron chi connectivity index (χ3n) is 7.53. The standard InChI is InChI=1S/C35H56NO3/c1-5-7-8-9-10-11-12-13-15-20-31-24-26-34(27-25-31)39-33(6-2)30-38-35(37)23-18-19-28-36(3,4)29-32-21-16-14-17-22-32/h14,16-17,21-22,24-27,33H,5-13,15,18-20,23,28-30H2,1-4H3/q+1. The summed E-state index contributed by atoms with van der Waals surface area (Å²) < 4.78 is 12.6. The Morgan fingerprint density at radius 1 is 0.744 bits per heavy atom. The predicted octanol–water partition coefficient (Wildman–Crippen LogP) is 8.91. The molecule has 4 nitrogen and oxygen atoms in total. The molecule has 0 spiro atoms. The van der Waals surface area contributed by atoms with Crippen LogP contribution in [0.4, 0.5) is 0 Å².